The smallest absolute Gasteiger partial charge is 0.251 e. The normalized spacial score (nSPS) is 40.8. The molecule has 4 aliphatic rings. The fraction of sp³-hybridized carbons (Fsp3) is 0.676. The lowest BCUT2D eigenvalue weighted by Gasteiger charge is -2.46. The fourth-order valence-electron chi connectivity index (χ4n) is 7.93. The van der Waals surface area contributed by atoms with Gasteiger partial charge in [-0.25, -0.2) is 0 Å². The van der Waals surface area contributed by atoms with E-state index in [4.69, 9.17) is 14.2 Å². The molecule has 3 unspecified atom stereocenters. The second-order valence-corrected chi connectivity index (χ2v) is 13.4. The van der Waals surface area contributed by atoms with Crippen molar-refractivity contribution >= 4 is 5.91 Å². The first-order valence-corrected chi connectivity index (χ1v) is 15.9. The third-order valence-electron chi connectivity index (χ3n) is 10.5. The first kappa shape index (κ1) is 33.2. The van der Waals surface area contributed by atoms with Crippen molar-refractivity contribution in [1.82, 2.24) is 5.32 Å². The highest BCUT2D eigenvalue weighted by Gasteiger charge is 2.52. The second kappa shape index (κ2) is 13.7. The van der Waals surface area contributed by atoms with Gasteiger partial charge in [0.15, 0.2) is 6.29 Å². The Morgan fingerprint density at radius 3 is 2.50 bits per heavy atom. The minimum Gasteiger partial charge on any atom is -0.396 e. The van der Waals surface area contributed by atoms with Gasteiger partial charge in [-0.1, -0.05) is 56.2 Å². The summed E-state index contributed by atoms with van der Waals surface area (Å²) in [6.45, 7) is 6.53. The topological polar surface area (TPSA) is 158 Å². The summed E-state index contributed by atoms with van der Waals surface area (Å²) >= 11 is 0. The van der Waals surface area contributed by atoms with Gasteiger partial charge >= 0.3 is 0 Å². The number of rotatable bonds is 9. The van der Waals surface area contributed by atoms with Crippen molar-refractivity contribution in [2.75, 3.05) is 26.9 Å². The van der Waals surface area contributed by atoms with Crippen LogP contribution in [0.25, 0.3) is 0 Å². The van der Waals surface area contributed by atoms with E-state index in [2.05, 4.69) is 18.3 Å². The Morgan fingerprint density at radius 2 is 1.82 bits per heavy atom. The maximum Gasteiger partial charge on any atom is 0.251 e. The van der Waals surface area contributed by atoms with Gasteiger partial charge in [0.05, 0.1) is 12.7 Å². The summed E-state index contributed by atoms with van der Waals surface area (Å²) in [6, 6.07) is 8.60. The molecule has 10 nitrogen and oxygen atoms in total. The average molecular weight is 616 g/mol. The van der Waals surface area contributed by atoms with Crippen LogP contribution in [0.3, 0.4) is 0 Å². The number of amides is 1. The minimum absolute atomic E-state index is 0.0601. The van der Waals surface area contributed by atoms with Crippen molar-refractivity contribution in [3.8, 4) is 0 Å². The zero-order valence-electron chi connectivity index (χ0n) is 26.1. The van der Waals surface area contributed by atoms with Crippen molar-refractivity contribution < 1.29 is 44.5 Å². The van der Waals surface area contributed by atoms with Crippen molar-refractivity contribution in [1.29, 1.82) is 0 Å². The molecule has 1 saturated heterocycles. The molecule has 10 heteroatoms. The first-order chi connectivity index (χ1) is 21.0. The minimum atomic E-state index is -1.61. The lowest BCUT2D eigenvalue weighted by atomic mass is 9.68. The summed E-state index contributed by atoms with van der Waals surface area (Å²) in [5.74, 6) is -0.350. The zero-order chi connectivity index (χ0) is 31.8. The number of methoxy groups -OCH3 is 1. The number of carbonyl (C=O) groups is 1. The summed E-state index contributed by atoms with van der Waals surface area (Å²) in [5, 5.41) is 57.6. The third-order valence-corrected chi connectivity index (χ3v) is 10.5. The van der Waals surface area contributed by atoms with Crippen LogP contribution >= 0.6 is 0 Å². The summed E-state index contributed by atoms with van der Waals surface area (Å²) < 4.78 is 18.1. The molecule has 1 amide bonds. The predicted molar refractivity (Wildman–Crippen MR) is 162 cm³/mol. The molecule has 0 radical (unpaired) electrons. The second-order valence-electron chi connectivity index (χ2n) is 13.4. The van der Waals surface area contributed by atoms with Gasteiger partial charge < -0.3 is 45.1 Å². The van der Waals surface area contributed by atoms with E-state index in [0.29, 0.717) is 12.2 Å². The number of aliphatic hydroxyl groups excluding tert-OH is 5. The average Bonchev–Trinajstić information content (AvgIpc) is 3.57. The molecule has 1 aliphatic heterocycles. The quantitative estimate of drug-likeness (QED) is 0.229. The highest BCUT2D eigenvalue weighted by Crippen LogP contribution is 2.55. The van der Waals surface area contributed by atoms with Gasteiger partial charge in [0.2, 0.25) is 0 Å². The Hall–Kier alpha value is -2.15. The summed E-state index contributed by atoms with van der Waals surface area (Å²) in [4.78, 5) is 12.7. The van der Waals surface area contributed by atoms with Crippen molar-refractivity contribution in [3.63, 3.8) is 0 Å². The van der Waals surface area contributed by atoms with Crippen LogP contribution in [0.1, 0.15) is 56.8 Å². The molecule has 1 aromatic rings. The Morgan fingerprint density at radius 1 is 1.09 bits per heavy atom. The third kappa shape index (κ3) is 6.28. The van der Waals surface area contributed by atoms with Gasteiger partial charge in [0.25, 0.3) is 5.91 Å². The molecule has 5 rings (SSSR count). The van der Waals surface area contributed by atoms with Crippen molar-refractivity contribution in [2.45, 2.75) is 89.4 Å². The number of hydrogen-bond donors (Lipinski definition) is 6. The van der Waals surface area contributed by atoms with Crippen LogP contribution in [-0.4, -0.2) is 101 Å². The van der Waals surface area contributed by atoms with Crippen LogP contribution < -0.4 is 5.32 Å². The van der Waals surface area contributed by atoms with E-state index in [1.807, 2.05) is 13.8 Å². The number of aliphatic hydroxyl groups is 5. The molecule has 1 heterocycles. The molecule has 6 N–H and O–H groups in total. The van der Waals surface area contributed by atoms with E-state index >= 15 is 0 Å². The monoisotopic (exact) mass is 615 g/mol. The van der Waals surface area contributed by atoms with E-state index in [0.717, 1.165) is 36.8 Å². The first-order valence-electron chi connectivity index (χ1n) is 15.9. The van der Waals surface area contributed by atoms with Crippen LogP contribution in [0, 0.1) is 29.1 Å². The summed E-state index contributed by atoms with van der Waals surface area (Å²) in [7, 11) is 1.71. The number of fused-ring (bicyclic) bond motifs is 2. The largest absolute Gasteiger partial charge is 0.396 e. The fourth-order valence-corrected chi connectivity index (χ4v) is 7.93. The standard InChI is InChI=1S/C34H49NO9/c1-18(16-36)22-12-13-34(3)14-24-21(17-42-4)10-11-23(24)19(2)27(37)31(26(22)34)44-33-30(40)29(39)28(38)25(43-33)15-35-32(41)20-8-6-5-7-9-20/h5-9,14,18-19,21,23,25,27-31,33,36-40H,10-13,15-17H2,1-4H3,(H,35,41)/b24-14-/t18-,19-,21-,23+,25+,27-,28?,29?,30?,31-,33-,34-/m1/s1. The molecule has 0 aromatic heterocycles. The number of carbonyl (C=O) groups excluding carboxylic acids is 1. The number of nitrogens with one attached hydrogen (secondary N) is 1. The number of ether oxygens (including phenoxy) is 3. The maximum absolute atomic E-state index is 12.7. The van der Waals surface area contributed by atoms with Crippen molar-refractivity contribution in [3.05, 3.63) is 58.7 Å². The Balaban J connectivity index is 1.46. The predicted octanol–water partition coefficient (Wildman–Crippen LogP) is 1.94. The number of hydrogen-bond acceptors (Lipinski definition) is 9. The SMILES string of the molecule is COC[C@H]1CC[C@@H]2/C1=C\[C@@]1(C)CCC([C@H](C)CO)=C1[C@@H](O[C@H]1O[C@@H](CNC(=O)c3ccccc3)C(O)C(O)C1O)[C@H](O)[C@@H]2C. The Bertz CT molecular complexity index is 1220. The Kier molecular flexibility index (Phi) is 10.3. The molecule has 1 saturated carbocycles. The van der Waals surface area contributed by atoms with Crippen LogP contribution in [-0.2, 0) is 14.2 Å². The molecule has 44 heavy (non-hydrogen) atoms. The highest BCUT2D eigenvalue weighted by molar-refractivity contribution is 5.94. The van der Waals surface area contributed by atoms with Crippen LogP contribution in [0.4, 0.5) is 0 Å². The zero-order valence-corrected chi connectivity index (χ0v) is 26.1. The van der Waals surface area contributed by atoms with Crippen LogP contribution in [0.15, 0.2) is 53.1 Å². The lowest BCUT2D eigenvalue weighted by Crippen LogP contribution is -2.62. The molecule has 0 bridgehead atoms. The number of benzene rings is 1. The van der Waals surface area contributed by atoms with E-state index in [1.165, 1.54) is 5.57 Å². The highest BCUT2D eigenvalue weighted by atomic mass is 16.7. The molecule has 3 aliphatic carbocycles. The van der Waals surface area contributed by atoms with E-state index in [9.17, 15) is 30.3 Å². The van der Waals surface area contributed by atoms with E-state index in [1.54, 1.807) is 37.4 Å². The van der Waals surface area contributed by atoms with Crippen LogP contribution in [0.5, 0.6) is 0 Å². The molecule has 12 atom stereocenters. The van der Waals surface area contributed by atoms with Gasteiger partial charge in [-0.2, -0.15) is 0 Å². The van der Waals surface area contributed by atoms with Gasteiger partial charge in [-0.15, -0.1) is 0 Å². The van der Waals surface area contributed by atoms with Crippen molar-refractivity contribution in [2.24, 2.45) is 29.1 Å². The summed E-state index contributed by atoms with van der Waals surface area (Å²) in [5.41, 5.74) is 3.15. The molecule has 1 aromatic carbocycles. The summed E-state index contributed by atoms with van der Waals surface area (Å²) in [6.07, 6.45) is -3.31. The molecule has 2 fully saturated rings. The Labute approximate surface area is 259 Å². The maximum atomic E-state index is 12.7. The van der Waals surface area contributed by atoms with E-state index < -0.39 is 48.3 Å². The van der Waals surface area contributed by atoms with Crippen LogP contribution in [0.2, 0.25) is 0 Å². The molecule has 244 valence electrons. The van der Waals surface area contributed by atoms with Gasteiger partial charge in [-0.05, 0) is 55.2 Å². The lowest BCUT2D eigenvalue weighted by molar-refractivity contribution is -0.310. The molecular weight excluding hydrogens is 566 g/mol. The number of allylic oxidation sites excluding steroid dienone is 1. The van der Waals surface area contributed by atoms with Gasteiger partial charge in [0.1, 0.15) is 30.5 Å². The van der Waals surface area contributed by atoms with Gasteiger partial charge in [0, 0.05) is 43.1 Å². The van der Waals surface area contributed by atoms with E-state index in [-0.39, 0.29) is 42.7 Å². The molecule has 0 spiro atoms. The van der Waals surface area contributed by atoms with Gasteiger partial charge in [-0.3, -0.25) is 4.79 Å². The molecular formula is C34H49NO9.